The molecule has 0 bridgehead atoms. The number of rotatable bonds is 4. The second-order valence-electron chi connectivity index (χ2n) is 6.01. The summed E-state index contributed by atoms with van der Waals surface area (Å²) in [6.07, 6.45) is 2.57. The fourth-order valence-corrected chi connectivity index (χ4v) is 1.78. The van der Waals surface area contributed by atoms with Crippen molar-refractivity contribution < 1.29 is 4.74 Å². The van der Waals surface area contributed by atoms with Gasteiger partial charge in [-0.05, 0) is 36.6 Å². The Morgan fingerprint density at radius 1 is 1.40 bits per heavy atom. The molecular formula is C13H27NO. The molecule has 1 saturated heterocycles. The summed E-state index contributed by atoms with van der Waals surface area (Å²) in [7, 11) is 0. The SMILES string of the molecule is CC(CNCC1CCCOC1)C(C)(C)C. The van der Waals surface area contributed by atoms with Crippen LogP contribution in [0.4, 0.5) is 0 Å². The summed E-state index contributed by atoms with van der Waals surface area (Å²) in [6.45, 7) is 13.4. The lowest BCUT2D eigenvalue weighted by molar-refractivity contribution is 0.0540. The molecule has 1 N–H and O–H groups in total. The Bertz CT molecular complexity index is 168. The van der Waals surface area contributed by atoms with Gasteiger partial charge in [-0.3, -0.25) is 0 Å². The van der Waals surface area contributed by atoms with Gasteiger partial charge >= 0.3 is 0 Å². The standard InChI is InChI=1S/C13H27NO/c1-11(13(2,3)4)8-14-9-12-6-5-7-15-10-12/h11-12,14H,5-10H2,1-4H3. The number of nitrogens with one attached hydrogen (secondary N) is 1. The van der Waals surface area contributed by atoms with E-state index in [1.165, 1.54) is 12.8 Å². The van der Waals surface area contributed by atoms with Crippen molar-refractivity contribution in [2.75, 3.05) is 26.3 Å². The van der Waals surface area contributed by atoms with E-state index in [9.17, 15) is 0 Å². The Hall–Kier alpha value is -0.0800. The summed E-state index contributed by atoms with van der Waals surface area (Å²) < 4.78 is 5.47. The molecule has 1 heterocycles. The lowest BCUT2D eigenvalue weighted by Gasteiger charge is -2.29. The third kappa shape index (κ3) is 4.98. The monoisotopic (exact) mass is 213 g/mol. The maximum Gasteiger partial charge on any atom is 0.0506 e. The summed E-state index contributed by atoms with van der Waals surface area (Å²) in [5, 5.41) is 3.58. The molecule has 1 rings (SSSR count). The van der Waals surface area contributed by atoms with Gasteiger partial charge in [0.15, 0.2) is 0 Å². The molecule has 0 spiro atoms. The summed E-state index contributed by atoms with van der Waals surface area (Å²) in [4.78, 5) is 0. The van der Waals surface area contributed by atoms with E-state index in [4.69, 9.17) is 4.74 Å². The van der Waals surface area contributed by atoms with Crippen molar-refractivity contribution in [2.24, 2.45) is 17.3 Å². The van der Waals surface area contributed by atoms with Crippen LogP contribution in [0.3, 0.4) is 0 Å². The smallest absolute Gasteiger partial charge is 0.0506 e. The van der Waals surface area contributed by atoms with E-state index in [1.54, 1.807) is 0 Å². The molecule has 2 heteroatoms. The third-order valence-electron chi connectivity index (χ3n) is 3.62. The van der Waals surface area contributed by atoms with Crippen molar-refractivity contribution in [1.29, 1.82) is 0 Å². The van der Waals surface area contributed by atoms with Crippen LogP contribution in [0.15, 0.2) is 0 Å². The van der Waals surface area contributed by atoms with Gasteiger partial charge in [0.25, 0.3) is 0 Å². The van der Waals surface area contributed by atoms with Crippen LogP contribution < -0.4 is 5.32 Å². The molecule has 1 fully saturated rings. The minimum Gasteiger partial charge on any atom is -0.381 e. The minimum absolute atomic E-state index is 0.413. The quantitative estimate of drug-likeness (QED) is 0.775. The van der Waals surface area contributed by atoms with Crippen molar-refractivity contribution in [1.82, 2.24) is 5.32 Å². The Morgan fingerprint density at radius 3 is 2.67 bits per heavy atom. The molecular weight excluding hydrogens is 186 g/mol. The van der Waals surface area contributed by atoms with Gasteiger partial charge in [0, 0.05) is 13.2 Å². The van der Waals surface area contributed by atoms with Gasteiger partial charge in [-0.25, -0.2) is 0 Å². The number of ether oxygens (including phenoxy) is 1. The van der Waals surface area contributed by atoms with Crippen molar-refractivity contribution in [2.45, 2.75) is 40.5 Å². The predicted octanol–water partition coefficient (Wildman–Crippen LogP) is 2.68. The molecule has 15 heavy (non-hydrogen) atoms. The van der Waals surface area contributed by atoms with Crippen LogP contribution in [0.2, 0.25) is 0 Å². The highest BCUT2D eigenvalue weighted by Crippen LogP contribution is 2.24. The largest absolute Gasteiger partial charge is 0.381 e. The molecule has 0 saturated carbocycles. The second-order valence-corrected chi connectivity index (χ2v) is 6.01. The predicted molar refractivity (Wildman–Crippen MR) is 65.0 cm³/mol. The molecule has 2 unspecified atom stereocenters. The van der Waals surface area contributed by atoms with E-state index in [1.807, 2.05) is 0 Å². The van der Waals surface area contributed by atoms with E-state index in [0.29, 0.717) is 5.41 Å². The van der Waals surface area contributed by atoms with Crippen LogP contribution in [-0.2, 0) is 4.74 Å². The lowest BCUT2D eigenvalue weighted by atomic mass is 9.82. The van der Waals surface area contributed by atoms with Gasteiger partial charge in [0.2, 0.25) is 0 Å². The van der Waals surface area contributed by atoms with Gasteiger partial charge < -0.3 is 10.1 Å². The first kappa shape index (κ1) is 13.0. The Labute approximate surface area is 94.8 Å². The number of hydrogen-bond donors (Lipinski definition) is 1. The first-order valence-corrected chi connectivity index (χ1v) is 6.28. The molecule has 2 nitrogen and oxygen atoms in total. The van der Waals surface area contributed by atoms with Crippen LogP contribution >= 0.6 is 0 Å². The fraction of sp³-hybridized carbons (Fsp3) is 1.00. The number of hydrogen-bond acceptors (Lipinski definition) is 2. The Morgan fingerprint density at radius 2 is 2.13 bits per heavy atom. The normalized spacial score (nSPS) is 25.2. The van der Waals surface area contributed by atoms with Gasteiger partial charge in [-0.2, -0.15) is 0 Å². The molecule has 0 aliphatic carbocycles. The average molecular weight is 213 g/mol. The van der Waals surface area contributed by atoms with Crippen LogP contribution in [0.25, 0.3) is 0 Å². The fourth-order valence-electron chi connectivity index (χ4n) is 1.78. The Balaban J connectivity index is 2.10. The van der Waals surface area contributed by atoms with Crippen molar-refractivity contribution in [3.05, 3.63) is 0 Å². The highest BCUT2D eigenvalue weighted by molar-refractivity contribution is 4.73. The molecule has 1 aliphatic heterocycles. The van der Waals surface area contributed by atoms with Crippen molar-refractivity contribution in [3.63, 3.8) is 0 Å². The molecule has 0 amide bonds. The minimum atomic E-state index is 0.413. The zero-order chi connectivity index (χ0) is 11.3. The summed E-state index contributed by atoms with van der Waals surface area (Å²) in [5.41, 5.74) is 0.413. The zero-order valence-corrected chi connectivity index (χ0v) is 10.8. The van der Waals surface area contributed by atoms with Gasteiger partial charge in [0.05, 0.1) is 6.61 Å². The first-order valence-electron chi connectivity index (χ1n) is 6.28. The van der Waals surface area contributed by atoms with E-state index in [0.717, 1.165) is 38.1 Å². The molecule has 0 aromatic rings. The summed E-state index contributed by atoms with van der Waals surface area (Å²) in [5.74, 6) is 1.47. The molecule has 0 aromatic carbocycles. The van der Waals surface area contributed by atoms with E-state index >= 15 is 0 Å². The third-order valence-corrected chi connectivity index (χ3v) is 3.62. The first-order chi connectivity index (χ1) is 7.00. The molecule has 0 radical (unpaired) electrons. The van der Waals surface area contributed by atoms with Gasteiger partial charge in [-0.15, -0.1) is 0 Å². The second kappa shape index (κ2) is 5.86. The van der Waals surface area contributed by atoms with Crippen LogP contribution in [0.1, 0.15) is 40.5 Å². The van der Waals surface area contributed by atoms with E-state index < -0.39 is 0 Å². The molecule has 1 aliphatic rings. The van der Waals surface area contributed by atoms with E-state index in [2.05, 4.69) is 33.0 Å². The van der Waals surface area contributed by atoms with Crippen molar-refractivity contribution in [3.8, 4) is 0 Å². The summed E-state index contributed by atoms with van der Waals surface area (Å²) in [6, 6.07) is 0. The summed E-state index contributed by atoms with van der Waals surface area (Å²) >= 11 is 0. The molecule has 2 atom stereocenters. The molecule has 90 valence electrons. The Kier molecular flexibility index (Phi) is 5.07. The maximum absolute atomic E-state index is 5.47. The zero-order valence-electron chi connectivity index (χ0n) is 10.8. The van der Waals surface area contributed by atoms with Crippen LogP contribution in [0.5, 0.6) is 0 Å². The van der Waals surface area contributed by atoms with Gasteiger partial charge in [-0.1, -0.05) is 27.7 Å². The van der Waals surface area contributed by atoms with E-state index in [-0.39, 0.29) is 0 Å². The lowest BCUT2D eigenvalue weighted by Crippen LogP contribution is -2.35. The van der Waals surface area contributed by atoms with Gasteiger partial charge in [0.1, 0.15) is 0 Å². The van der Waals surface area contributed by atoms with Crippen LogP contribution in [0, 0.1) is 17.3 Å². The molecule has 0 aromatic heterocycles. The highest BCUT2D eigenvalue weighted by Gasteiger charge is 2.20. The van der Waals surface area contributed by atoms with Crippen LogP contribution in [-0.4, -0.2) is 26.3 Å². The maximum atomic E-state index is 5.47. The topological polar surface area (TPSA) is 21.3 Å². The average Bonchev–Trinajstić information content (AvgIpc) is 2.18. The van der Waals surface area contributed by atoms with Crippen molar-refractivity contribution >= 4 is 0 Å². The highest BCUT2D eigenvalue weighted by atomic mass is 16.5.